The molecule has 158 valence electrons. The molecule has 1 rings (SSSR count). The number of thiophene rings is 1. The normalized spacial score (nSPS) is 10.8. The van der Waals surface area contributed by atoms with E-state index in [1.165, 1.54) is 11.3 Å². The number of amides is 1. The summed E-state index contributed by atoms with van der Waals surface area (Å²) in [6, 6.07) is 0. The monoisotopic (exact) mass is 414 g/mol. The number of nitrogens with one attached hydrogen (secondary N) is 1. The average molecular weight is 415 g/mol. The van der Waals surface area contributed by atoms with Gasteiger partial charge in [-0.25, -0.2) is 4.79 Å². The predicted molar refractivity (Wildman–Crippen MR) is 108 cm³/mol. The van der Waals surface area contributed by atoms with E-state index in [2.05, 4.69) is 5.32 Å². The number of nitrogens with zero attached hydrogens (tertiary/aromatic N) is 1. The fraction of sp³-hybridized carbons (Fsp3) is 0.632. The molecule has 0 radical (unpaired) electrons. The molecule has 0 bridgehead atoms. The first-order valence-electron chi connectivity index (χ1n) is 9.33. The molecule has 0 aliphatic rings. The summed E-state index contributed by atoms with van der Waals surface area (Å²) in [5, 5.41) is 3.27. The number of aryl methyl sites for hydroxylation is 1. The molecule has 0 unspecified atom stereocenters. The molecular formula is C19H30N2O6S. The predicted octanol–water partition coefficient (Wildman–Crippen LogP) is 2.25. The molecule has 1 aromatic heterocycles. The van der Waals surface area contributed by atoms with Gasteiger partial charge in [0.1, 0.15) is 5.00 Å². The van der Waals surface area contributed by atoms with E-state index in [4.69, 9.17) is 14.2 Å². The Kier molecular flexibility index (Phi) is 10.7. The van der Waals surface area contributed by atoms with Crippen molar-refractivity contribution in [1.29, 1.82) is 0 Å². The maximum absolute atomic E-state index is 12.6. The fourth-order valence-electron chi connectivity index (χ4n) is 2.70. The average Bonchev–Trinajstić information content (AvgIpc) is 2.94. The molecule has 0 aliphatic heterocycles. The second-order valence-electron chi connectivity index (χ2n) is 5.97. The van der Waals surface area contributed by atoms with Gasteiger partial charge in [0.15, 0.2) is 0 Å². The highest BCUT2D eigenvalue weighted by Crippen LogP contribution is 2.34. The molecule has 9 heteroatoms. The van der Waals surface area contributed by atoms with Crippen LogP contribution in [0.25, 0.3) is 0 Å². The van der Waals surface area contributed by atoms with Crippen molar-refractivity contribution in [2.45, 2.75) is 34.1 Å². The molecule has 1 heterocycles. The van der Waals surface area contributed by atoms with Crippen LogP contribution in [0.1, 0.15) is 41.6 Å². The van der Waals surface area contributed by atoms with Crippen LogP contribution in [0.3, 0.4) is 0 Å². The standard InChI is InChI=1S/C19H30N2O6S/c1-6-14-13(4)28-18(17(14)19(24)27-8-3)20-15(22)11-21(9-10-25-5)12-16(23)26-7-2/h6-12H2,1-5H3,(H,20,22). The van der Waals surface area contributed by atoms with Crippen LogP contribution in [0.4, 0.5) is 5.00 Å². The minimum atomic E-state index is -0.443. The Morgan fingerprint density at radius 2 is 1.75 bits per heavy atom. The van der Waals surface area contributed by atoms with Crippen molar-refractivity contribution in [2.75, 3.05) is 51.9 Å². The number of esters is 2. The summed E-state index contributed by atoms with van der Waals surface area (Å²) in [5.41, 5.74) is 1.29. The minimum absolute atomic E-state index is 0.0148. The molecule has 8 nitrogen and oxygen atoms in total. The van der Waals surface area contributed by atoms with E-state index >= 15 is 0 Å². The van der Waals surface area contributed by atoms with Gasteiger partial charge in [0.05, 0.1) is 38.5 Å². The summed E-state index contributed by atoms with van der Waals surface area (Å²) >= 11 is 1.35. The van der Waals surface area contributed by atoms with E-state index in [0.717, 1.165) is 10.4 Å². The van der Waals surface area contributed by atoms with Crippen molar-refractivity contribution < 1.29 is 28.6 Å². The van der Waals surface area contributed by atoms with E-state index in [9.17, 15) is 14.4 Å². The summed E-state index contributed by atoms with van der Waals surface area (Å²) in [7, 11) is 1.55. The van der Waals surface area contributed by atoms with Crippen LogP contribution in [0, 0.1) is 6.92 Å². The second-order valence-corrected chi connectivity index (χ2v) is 7.20. The quantitative estimate of drug-likeness (QED) is 0.524. The molecule has 0 aromatic carbocycles. The molecule has 1 aromatic rings. The van der Waals surface area contributed by atoms with E-state index in [1.54, 1.807) is 25.9 Å². The van der Waals surface area contributed by atoms with Crippen LogP contribution < -0.4 is 5.32 Å². The number of carbonyl (C=O) groups excluding carboxylic acids is 3. The van der Waals surface area contributed by atoms with Crippen molar-refractivity contribution in [1.82, 2.24) is 4.90 Å². The zero-order chi connectivity index (χ0) is 21.1. The van der Waals surface area contributed by atoms with E-state index in [1.807, 2.05) is 13.8 Å². The number of carbonyl (C=O) groups is 3. The Morgan fingerprint density at radius 3 is 2.32 bits per heavy atom. The molecule has 0 atom stereocenters. The summed E-state index contributed by atoms with van der Waals surface area (Å²) in [6.45, 7) is 8.60. The molecule has 0 spiro atoms. The van der Waals surface area contributed by atoms with E-state index in [0.29, 0.717) is 30.1 Å². The lowest BCUT2D eigenvalue weighted by atomic mass is 10.1. The molecule has 1 N–H and O–H groups in total. The van der Waals surface area contributed by atoms with Crippen molar-refractivity contribution in [2.24, 2.45) is 0 Å². The topological polar surface area (TPSA) is 94.2 Å². The van der Waals surface area contributed by atoms with Crippen LogP contribution in [0.15, 0.2) is 0 Å². The SMILES string of the molecule is CCOC(=O)CN(CCOC)CC(=O)Nc1sc(C)c(CC)c1C(=O)OCC. The first kappa shape index (κ1) is 24.1. The largest absolute Gasteiger partial charge is 0.465 e. The Balaban J connectivity index is 2.91. The van der Waals surface area contributed by atoms with Gasteiger partial charge < -0.3 is 19.5 Å². The van der Waals surface area contributed by atoms with Crippen molar-refractivity contribution in [3.8, 4) is 0 Å². The molecular weight excluding hydrogens is 384 g/mol. The maximum Gasteiger partial charge on any atom is 0.341 e. The van der Waals surface area contributed by atoms with Gasteiger partial charge in [-0.15, -0.1) is 11.3 Å². The lowest BCUT2D eigenvalue weighted by molar-refractivity contribution is -0.144. The zero-order valence-corrected chi connectivity index (χ0v) is 18.1. The summed E-state index contributed by atoms with van der Waals surface area (Å²) in [6.07, 6.45) is 0.662. The highest BCUT2D eigenvalue weighted by Gasteiger charge is 2.24. The Bertz CT molecular complexity index is 674. The minimum Gasteiger partial charge on any atom is -0.465 e. The van der Waals surface area contributed by atoms with Gasteiger partial charge in [-0.3, -0.25) is 14.5 Å². The highest BCUT2D eigenvalue weighted by atomic mass is 32.1. The highest BCUT2D eigenvalue weighted by molar-refractivity contribution is 7.16. The Labute approximate surface area is 170 Å². The van der Waals surface area contributed by atoms with Gasteiger partial charge in [0.25, 0.3) is 0 Å². The van der Waals surface area contributed by atoms with Crippen LogP contribution in [0.5, 0.6) is 0 Å². The second kappa shape index (κ2) is 12.5. The lowest BCUT2D eigenvalue weighted by Gasteiger charge is -2.20. The van der Waals surface area contributed by atoms with Crippen LogP contribution in [-0.4, -0.2) is 69.3 Å². The number of rotatable bonds is 12. The summed E-state index contributed by atoms with van der Waals surface area (Å²) in [5.74, 6) is -1.17. The Morgan fingerprint density at radius 1 is 1.07 bits per heavy atom. The summed E-state index contributed by atoms with van der Waals surface area (Å²) < 4.78 is 15.1. The van der Waals surface area contributed by atoms with Crippen LogP contribution >= 0.6 is 11.3 Å². The number of anilines is 1. The third kappa shape index (κ3) is 7.21. The Hall–Kier alpha value is -1.97. The molecule has 0 saturated carbocycles. The molecule has 28 heavy (non-hydrogen) atoms. The van der Waals surface area contributed by atoms with Gasteiger partial charge in [-0.05, 0) is 32.8 Å². The van der Waals surface area contributed by atoms with Gasteiger partial charge in [0.2, 0.25) is 5.91 Å². The van der Waals surface area contributed by atoms with Gasteiger partial charge in [-0.1, -0.05) is 6.92 Å². The lowest BCUT2D eigenvalue weighted by Crippen LogP contribution is -2.39. The van der Waals surface area contributed by atoms with E-state index in [-0.39, 0.29) is 32.2 Å². The summed E-state index contributed by atoms with van der Waals surface area (Å²) in [4.78, 5) is 39.3. The molecule has 0 saturated heterocycles. The number of methoxy groups -OCH3 is 1. The fourth-order valence-corrected chi connectivity index (χ4v) is 3.85. The number of hydrogen-bond donors (Lipinski definition) is 1. The third-order valence-electron chi connectivity index (χ3n) is 3.93. The molecule has 0 fully saturated rings. The van der Waals surface area contributed by atoms with E-state index < -0.39 is 11.9 Å². The van der Waals surface area contributed by atoms with Gasteiger partial charge in [-0.2, -0.15) is 0 Å². The number of hydrogen-bond acceptors (Lipinski definition) is 8. The molecule has 1 amide bonds. The van der Waals surface area contributed by atoms with Crippen molar-refractivity contribution >= 4 is 34.2 Å². The third-order valence-corrected chi connectivity index (χ3v) is 4.99. The molecule has 0 aliphatic carbocycles. The first-order valence-corrected chi connectivity index (χ1v) is 10.2. The van der Waals surface area contributed by atoms with Crippen LogP contribution in [0.2, 0.25) is 0 Å². The van der Waals surface area contributed by atoms with Gasteiger partial charge in [0, 0.05) is 18.5 Å². The van der Waals surface area contributed by atoms with Crippen molar-refractivity contribution in [3.05, 3.63) is 16.0 Å². The number of ether oxygens (including phenoxy) is 3. The van der Waals surface area contributed by atoms with Crippen molar-refractivity contribution in [3.63, 3.8) is 0 Å². The maximum atomic E-state index is 12.6. The zero-order valence-electron chi connectivity index (χ0n) is 17.3. The first-order chi connectivity index (χ1) is 13.4. The smallest absolute Gasteiger partial charge is 0.341 e. The van der Waals surface area contributed by atoms with Gasteiger partial charge >= 0.3 is 11.9 Å². The van der Waals surface area contributed by atoms with Crippen LogP contribution in [-0.2, 0) is 30.2 Å².